The fourth-order valence-electron chi connectivity index (χ4n) is 12.0. The molecule has 2 aromatic heterocycles. The quantitative estimate of drug-likeness (QED) is 0.157. The van der Waals surface area contributed by atoms with Gasteiger partial charge in [-0.05, 0) is 179 Å². The lowest BCUT2D eigenvalue weighted by molar-refractivity contribution is -0.137. The summed E-state index contributed by atoms with van der Waals surface area (Å²) in [6.45, 7) is 16.8. The number of nitrogens with zero attached hydrogens (tertiary/aromatic N) is 3. The van der Waals surface area contributed by atoms with Gasteiger partial charge < -0.3 is 9.13 Å². The molecule has 3 nitrogen and oxygen atoms in total. The summed E-state index contributed by atoms with van der Waals surface area (Å²) in [6.07, 6.45) is -4.65. The minimum Gasteiger partial charge on any atom is -0.309 e. The van der Waals surface area contributed by atoms with E-state index in [1.54, 1.807) is 12.1 Å². The third kappa shape index (κ3) is 8.52. The molecule has 0 aliphatic carbocycles. The highest BCUT2D eigenvalue weighted by Gasteiger charge is 2.32. The van der Waals surface area contributed by atoms with Crippen LogP contribution in [0.3, 0.4) is 0 Å². The smallest absolute Gasteiger partial charge is 0.309 e. The minimum atomic E-state index is -4.65. The van der Waals surface area contributed by atoms with E-state index in [0.29, 0.717) is 28.1 Å². The van der Waals surface area contributed by atoms with Gasteiger partial charge in [0.1, 0.15) is 0 Å². The molecule has 12 rings (SSSR count). The van der Waals surface area contributed by atoms with Gasteiger partial charge in [-0.3, -0.25) is 0 Å². The molecule has 370 valence electrons. The predicted octanol–water partition coefficient (Wildman–Crippen LogP) is 19.6. The van der Waals surface area contributed by atoms with Crippen LogP contribution in [-0.4, -0.2) is 9.13 Å². The first-order valence-electron chi connectivity index (χ1n) is 25.7. The number of aryl methyl sites for hydroxylation is 8. The first-order chi connectivity index (χ1) is 36.5. The van der Waals surface area contributed by atoms with Crippen LogP contribution in [0.15, 0.2) is 182 Å². The van der Waals surface area contributed by atoms with Gasteiger partial charge in [-0.25, -0.2) is 0 Å². The summed E-state index contributed by atoms with van der Waals surface area (Å²) in [6, 6.07) is 63.9. The second-order valence-electron chi connectivity index (χ2n) is 21.2. The maximum Gasteiger partial charge on any atom is 0.416 e. The highest BCUT2D eigenvalue weighted by atomic mass is 19.4. The lowest BCUT2D eigenvalue weighted by Gasteiger charge is -2.20. The maximum absolute atomic E-state index is 15.3. The number of hydrogen-bond acceptors (Lipinski definition) is 1. The van der Waals surface area contributed by atoms with E-state index in [9.17, 15) is 5.26 Å². The largest absolute Gasteiger partial charge is 0.416 e. The van der Waals surface area contributed by atoms with Gasteiger partial charge in [0, 0.05) is 32.7 Å². The van der Waals surface area contributed by atoms with Crippen LogP contribution >= 0.6 is 0 Å². The van der Waals surface area contributed by atoms with Gasteiger partial charge in [-0.1, -0.05) is 148 Å². The Labute approximate surface area is 441 Å². The molecule has 0 unspecified atom stereocenters. The predicted molar refractivity (Wildman–Crippen MR) is 310 cm³/mol. The summed E-state index contributed by atoms with van der Waals surface area (Å²) in [7, 11) is 0. The normalized spacial score (nSPS) is 11.9. The van der Waals surface area contributed by atoms with Crippen molar-refractivity contribution in [2.45, 2.75) is 61.6 Å². The van der Waals surface area contributed by atoms with E-state index in [0.717, 1.165) is 133 Å². The Balaban J connectivity index is 1.16. The van der Waals surface area contributed by atoms with Gasteiger partial charge >= 0.3 is 6.18 Å². The van der Waals surface area contributed by atoms with Crippen molar-refractivity contribution in [3.05, 3.63) is 238 Å². The van der Waals surface area contributed by atoms with Crippen molar-refractivity contribution in [1.82, 2.24) is 9.13 Å². The Morgan fingerprint density at radius 1 is 0.316 bits per heavy atom. The van der Waals surface area contributed by atoms with Crippen molar-refractivity contribution in [2.75, 3.05) is 0 Å². The molecule has 6 heteroatoms. The summed E-state index contributed by atoms with van der Waals surface area (Å²) < 4.78 is 50.2. The van der Waals surface area contributed by atoms with E-state index in [4.69, 9.17) is 0 Å². The van der Waals surface area contributed by atoms with Gasteiger partial charge in [0.2, 0.25) is 0 Å². The lowest BCUT2D eigenvalue weighted by atomic mass is 9.96. The Morgan fingerprint density at radius 2 is 0.645 bits per heavy atom. The van der Waals surface area contributed by atoms with Crippen molar-refractivity contribution < 1.29 is 13.2 Å². The number of hydrogen-bond donors (Lipinski definition) is 0. The number of alkyl halides is 3. The highest BCUT2D eigenvalue weighted by Crippen LogP contribution is 2.46. The summed E-state index contributed by atoms with van der Waals surface area (Å²) in [5.41, 5.74) is 23.0. The second-order valence-corrected chi connectivity index (χ2v) is 21.2. The molecule has 10 aromatic carbocycles. The Kier molecular flexibility index (Phi) is 11.5. The Morgan fingerprint density at radius 3 is 0.961 bits per heavy atom. The first-order valence-corrected chi connectivity index (χ1v) is 25.7. The van der Waals surface area contributed by atoms with Gasteiger partial charge in [0.25, 0.3) is 0 Å². The Hall–Kier alpha value is -8.92. The zero-order chi connectivity index (χ0) is 52.9. The number of benzene rings is 10. The van der Waals surface area contributed by atoms with Crippen molar-refractivity contribution in [3.63, 3.8) is 0 Å². The molecule has 76 heavy (non-hydrogen) atoms. The summed E-state index contributed by atoms with van der Waals surface area (Å²) >= 11 is 0. The van der Waals surface area contributed by atoms with Crippen LogP contribution in [0, 0.1) is 66.7 Å². The molecular formula is C70H54F3N3. The SMILES string of the molecule is Cc1cc(C)cc(-c2ccc3c(c2)c2cc(-c4cc(C)cc(C)c4)ccc2n3-c2ccc(C(F)(F)F)cc2-c2ccc(C#N)cc2-n2c3ccc(-c4cc(C)cc(C)c4)cc3c3cc(-c4cc(C)cc(C)c4)ccc32)c1. The molecule has 0 bridgehead atoms. The molecule has 0 aliphatic heterocycles. The first kappa shape index (κ1) is 48.0. The fraction of sp³-hybridized carbons (Fsp3) is 0.129. The van der Waals surface area contributed by atoms with Crippen molar-refractivity contribution >= 4 is 43.6 Å². The van der Waals surface area contributed by atoms with Crippen LogP contribution in [0.4, 0.5) is 13.2 Å². The van der Waals surface area contributed by atoms with Crippen LogP contribution in [-0.2, 0) is 6.18 Å². The molecule has 2 heterocycles. The number of fused-ring (bicyclic) bond motifs is 6. The van der Waals surface area contributed by atoms with E-state index in [1.165, 1.54) is 12.1 Å². The molecule has 0 amide bonds. The van der Waals surface area contributed by atoms with Crippen LogP contribution in [0.1, 0.15) is 55.6 Å². The van der Waals surface area contributed by atoms with E-state index in [-0.39, 0.29) is 0 Å². The molecule has 0 atom stereocenters. The molecule has 12 aromatic rings. The molecule has 0 saturated carbocycles. The fourth-order valence-corrected chi connectivity index (χ4v) is 12.0. The standard InChI is InChI=1S/C70H54F3N3/c1-40-21-41(2)26-53(25-40)49-10-16-64-59(34-49)60-35-50(54-27-42(3)22-43(4)28-54)11-17-65(60)75(64)68-20-14-57(70(71,72)73)38-63(68)58-15-9-48(39-74)33-69(58)76-66-18-12-51(55-29-44(5)23-45(6)30-55)36-61(66)62-37-52(13-19-67(62)76)56-31-46(7)24-47(8)32-56/h9-38H,1-8H3. The summed E-state index contributed by atoms with van der Waals surface area (Å²) in [5, 5.41) is 14.5. The number of rotatable bonds is 7. The van der Waals surface area contributed by atoms with E-state index in [1.807, 2.05) is 12.1 Å². The third-order valence-corrected chi connectivity index (χ3v) is 15.0. The molecule has 0 spiro atoms. The average molecular weight is 994 g/mol. The number of halogens is 3. The van der Waals surface area contributed by atoms with Crippen LogP contribution < -0.4 is 0 Å². The van der Waals surface area contributed by atoms with Crippen LogP contribution in [0.5, 0.6) is 0 Å². The number of nitriles is 1. The van der Waals surface area contributed by atoms with Crippen molar-refractivity contribution in [3.8, 4) is 73.1 Å². The molecule has 0 N–H and O–H groups in total. The topological polar surface area (TPSA) is 33.6 Å². The highest BCUT2D eigenvalue weighted by molar-refractivity contribution is 6.14. The molecule has 0 fully saturated rings. The molecular weight excluding hydrogens is 940 g/mol. The molecule has 0 radical (unpaired) electrons. The lowest BCUT2D eigenvalue weighted by Crippen LogP contribution is -2.08. The van der Waals surface area contributed by atoms with Gasteiger partial charge in [-0.2, -0.15) is 18.4 Å². The Bertz CT molecular complexity index is 4140. The van der Waals surface area contributed by atoms with Gasteiger partial charge in [0.15, 0.2) is 0 Å². The second kappa shape index (κ2) is 18.2. The van der Waals surface area contributed by atoms with Crippen LogP contribution in [0.2, 0.25) is 0 Å². The van der Waals surface area contributed by atoms with Crippen LogP contribution in [0.25, 0.3) is 111 Å². The molecule has 0 aliphatic rings. The van der Waals surface area contributed by atoms with E-state index < -0.39 is 11.7 Å². The molecule has 0 saturated heterocycles. The van der Waals surface area contributed by atoms with E-state index in [2.05, 4.69) is 216 Å². The summed E-state index contributed by atoms with van der Waals surface area (Å²) in [5.74, 6) is 0. The number of aromatic nitrogens is 2. The average Bonchev–Trinajstić information content (AvgIpc) is 3.93. The third-order valence-electron chi connectivity index (χ3n) is 15.0. The van der Waals surface area contributed by atoms with Gasteiger partial charge in [0.05, 0.1) is 50.6 Å². The minimum absolute atomic E-state index is 0.374. The van der Waals surface area contributed by atoms with Crippen molar-refractivity contribution in [2.24, 2.45) is 0 Å². The zero-order valence-electron chi connectivity index (χ0n) is 43.8. The zero-order valence-corrected chi connectivity index (χ0v) is 43.8. The van der Waals surface area contributed by atoms with Crippen molar-refractivity contribution in [1.29, 1.82) is 5.26 Å². The van der Waals surface area contributed by atoms with Gasteiger partial charge in [-0.15, -0.1) is 0 Å². The maximum atomic E-state index is 15.3. The summed E-state index contributed by atoms with van der Waals surface area (Å²) in [4.78, 5) is 0. The van der Waals surface area contributed by atoms with E-state index >= 15 is 13.2 Å². The monoisotopic (exact) mass is 993 g/mol.